The van der Waals surface area contributed by atoms with Gasteiger partial charge in [-0.15, -0.1) is 0 Å². The van der Waals surface area contributed by atoms with Crippen molar-refractivity contribution in [1.82, 2.24) is 4.72 Å². The molecule has 0 spiro atoms. The van der Waals surface area contributed by atoms with E-state index in [0.29, 0.717) is 6.04 Å². The zero-order valence-electron chi connectivity index (χ0n) is 5.60. The fraction of sp³-hybridized carbons (Fsp3) is 1.00. The molecule has 1 atom stereocenters. The van der Waals surface area contributed by atoms with Gasteiger partial charge < -0.3 is 0 Å². The van der Waals surface area contributed by atoms with Crippen LogP contribution in [0.3, 0.4) is 0 Å². The molecule has 8 heavy (non-hydrogen) atoms. The van der Waals surface area contributed by atoms with E-state index < -0.39 is 0 Å². The van der Waals surface area contributed by atoms with Crippen LogP contribution in [-0.2, 0) is 0 Å². The maximum atomic E-state index is 3.26. The molecular formula is C5H13NS2. The molecule has 0 aliphatic rings. The average Bonchev–Trinajstić information content (AvgIpc) is 1.83. The first-order valence-electron chi connectivity index (χ1n) is 2.76. The van der Waals surface area contributed by atoms with Crippen LogP contribution in [0.2, 0.25) is 0 Å². The van der Waals surface area contributed by atoms with Crippen LogP contribution in [0.5, 0.6) is 0 Å². The van der Waals surface area contributed by atoms with Crippen molar-refractivity contribution in [3.05, 3.63) is 0 Å². The van der Waals surface area contributed by atoms with E-state index in [4.69, 9.17) is 0 Å². The topological polar surface area (TPSA) is 12.0 Å². The maximum Gasteiger partial charge on any atom is 0.0148 e. The van der Waals surface area contributed by atoms with Gasteiger partial charge in [-0.25, -0.2) is 0 Å². The molecule has 0 aromatic rings. The van der Waals surface area contributed by atoms with E-state index in [9.17, 15) is 0 Å². The van der Waals surface area contributed by atoms with Gasteiger partial charge in [0.1, 0.15) is 0 Å². The van der Waals surface area contributed by atoms with E-state index >= 15 is 0 Å². The van der Waals surface area contributed by atoms with Gasteiger partial charge in [-0.1, -0.05) is 17.7 Å². The summed E-state index contributed by atoms with van der Waals surface area (Å²) in [6.45, 7) is 4.36. The van der Waals surface area contributed by atoms with Crippen molar-refractivity contribution in [3.63, 3.8) is 0 Å². The fourth-order valence-corrected chi connectivity index (χ4v) is 1.42. The van der Waals surface area contributed by atoms with Crippen LogP contribution in [-0.4, -0.2) is 12.3 Å². The Morgan fingerprint density at radius 2 is 2.25 bits per heavy atom. The van der Waals surface area contributed by atoms with Gasteiger partial charge in [0.2, 0.25) is 0 Å². The van der Waals surface area contributed by atoms with Gasteiger partial charge in [0, 0.05) is 6.04 Å². The van der Waals surface area contributed by atoms with Gasteiger partial charge >= 0.3 is 0 Å². The lowest BCUT2D eigenvalue weighted by molar-refractivity contribution is 0.671. The Morgan fingerprint density at radius 1 is 1.62 bits per heavy atom. The van der Waals surface area contributed by atoms with E-state index in [1.54, 1.807) is 21.8 Å². The third-order valence-electron chi connectivity index (χ3n) is 0.945. The van der Waals surface area contributed by atoms with Crippen LogP contribution in [0, 0.1) is 0 Å². The summed E-state index contributed by atoms with van der Waals surface area (Å²) < 4.78 is 3.26. The summed E-state index contributed by atoms with van der Waals surface area (Å²) in [5, 5.41) is 0. The molecule has 0 rings (SSSR count). The zero-order valence-corrected chi connectivity index (χ0v) is 7.23. The summed E-state index contributed by atoms with van der Waals surface area (Å²) >= 11 is 0. The van der Waals surface area contributed by atoms with E-state index in [-0.39, 0.29) is 0 Å². The highest BCUT2D eigenvalue weighted by Crippen LogP contribution is 2.12. The lowest BCUT2D eigenvalue weighted by atomic mass is 10.3. The number of hydrogen-bond donors (Lipinski definition) is 1. The average molecular weight is 151 g/mol. The van der Waals surface area contributed by atoms with E-state index in [1.165, 1.54) is 6.42 Å². The maximum absolute atomic E-state index is 3.26. The Balaban J connectivity index is 2.86. The highest BCUT2D eigenvalue weighted by Gasteiger charge is 1.93. The fourth-order valence-electron chi connectivity index (χ4n) is 0.214. The number of hydrogen-bond acceptors (Lipinski definition) is 3. The van der Waals surface area contributed by atoms with Crippen LogP contribution >= 0.6 is 21.8 Å². The summed E-state index contributed by atoms with van der Waals surface area (Å²) in [4.78, 5) is 0. The van der Waals surface area contributed by atoms with Gasteiger partial charge in [-0.2, -0.15) is 0 Å². The highest BCUT2D eigenvalue weighted by molar-refractivity contribution is 8.75. The Kier molecular flexibility index (Phi) is 6.27. The lowest BCUT2D eigenvalue weighted by Crippen LogP contribution is -2.15. The molecule has 1 nitrogen and oxygen atoms in total. The minimum Gasteiger partial charge on any atom is -0.252 e. The molecule has 0 aliphatic heterocycles. The van der Waals surface area contributed by atoms with Crippen LogP contribution in [0.1, 0.15) is 20.3 Å². The summed E-state index contributed by atoms with van der Waals surface area (Å²) in [6.07, 6.45) is 3.27. The molecule has 0 saturated heterocycles. The third kappa shape index (κ3) is 4.81. The molecule has 1 N–H and O–H groups in total. The van der Waals surface area contributed by atoms with E-state index in [1.807, 2.05) is 0 Å². The molecule has 50 valence electrons. The molecule has 0 bridgehead atoms. The van der Waals surface area contributed by atoms with Crippen LogP contribution in [0.25, 0.3) is 0 Å². The molecule has 0 radical (unpaired) electrons. The summed E-state index contributed by atoms with van der Waals surface area (Å²) in [5.41, 5.74) is 0. The minimum atomic E-state index is 0.646. The van der Waals surface area contributed by atoms with Gasteiger partial charge in [-0.05, 0) is 30.6 Å². The molecule has 0 saturated carbocycles. The summed E-state index contributed by atoms with van der Waals surface area (Å²) in [5.74, 6) is 0. The third-order valence-corrected chi connectivity index (χ3v) is 2.40. The molecule has 0 aromatic carbocycles. The Labute approximate surface area is 59.5 Å². The van der Waals surface area contributed by atoms with Crippen molar-refractivity contribution in [1.29, 1.82) is 0 Å². The van der Waals surface area contributed by atoms with Crippen molar-refractivity contribution < 1.29 is 0 Å². The predicted molar refractivity (Wildman–Crippen MR) is 44.0 cm³/mol. The van der Waals surface area contributed by atoms with Gasteiger partial charge in [0.15, 0.2) is 0 Å². The minimum absolute atomic E-state index is 0.646. The first-order chi connectivity index (χ1) is 3.81. The lowest BCUT2D eigenvalue weighted by Gasteiger charge is -2.06. The molecule has 0 amide bonds. The summed E-state index contributed by atoms with van der Waals surface area (Å²) in [6, 6.07) is 0.646. The Hall–Kier alpha value is 0.660. The predicted octanol–water partition coefficient (Wildman–Crippen LogP) is 2.30. The Morgan fingerprint density at radius 3 is 2.62 bits per heavy atom. The highest BCUT2D eigenvalue weighted by atomic mass is 33.1. The monoisotopic (exact) mass is 151 g/mol. The second-order valence-corrected chi connectivity index (χ2v) is 3.91. The first-order valence-corrected chi connectivity index (χ1v) is 5.32. The van der Waals surface area contributed by atoms with Gasteiger partial charge in [0.05, 0.1) is 0 Å². The van der Waals surface area contributed by atoms with Crippen LogP contribution in [0.15, 0.2) is 0 Å². The van der Waals surface area contributed by atoms with E-state index in [0.717, 1.165) is 0 Å². The van der Waals surface area contributed by atoms with Crippen LogP contribution in [0.4, 0.5) is 0 Å². The standard InChI is InChI=1S/C5H13NS2/c1-4-5(2)6-8-7-3/h5-6H,4H2,1-3H3/t5-/m1/s1. The van der Waals surface area contributed by atoms with Crippen LogP contribution < -0.4 is 4.72 Å². The molecule has 0 fully saturated rings. The van der Waals surface area contributed by atoms with Crippen molar-refractivity contribution in [3.8, 4) is 0 Å². The first kappa shape index (κ1) is 8.66. The molecular weight excluding hydrogens is 138 g/mol. The van der Waals surface area contributed by atoms with Crippen molar-refractivity contribution >= 4 is 21.8 Å². The van der Waals surface area contributed by atoms with Gasteiger partial charge in [-0.3, -0.25) is 4.72 Å². The number of rotatable bonds is 4. The number of nitrogens with one attached hydrogen (secondary N) is 1. The molecule has 0 unspecified atom stereocenters. The van der Waals surface area contributed by atoms with Crippen molar-refractivity contribution in [2.45, 2.75) is 26.3 Å². The molecule has 0 aliphatic carbocycles. The van der Waals surface area contributed by atoms with E-state index in [2.05, 4.69) is 24.8 Å². The normalized spacial score (nSPS) is 13.9. The zero-order chi connectivity index (χ0) is 6.41. The summed E-state index contributed by atoms with van der Waals surface area (Å²) in [7, 11) is 3.46. The van der Waals surface area contributed by atoms with Gasteiger partial charge in [0.25, 0.3) is 0 Å². The molecule has 3 heteroatoms. The smallest absolute Gasteiger partial charge is 0.0148 e. The second-order valence-electron chi connectivity index (χ2n) is 1.68. The van der Waals surface area contributed by atoms with Crippen molar-refractivity contribution in [2.75, 3.05) is 6.26 Å². The molecule has 0 aromatic heterocycles. The van der Waals surface area contributed by atoms with Crippen molar-refractivity contribution in [2.24, 2.45) is 0 Å². The second kappa shape index (κ2) is 5.79. The SMILES string of the molecule is CC[C@@H](C)NSSC. The largest absolute Gasteiger partial charge is 0.252 e. The Bertz CT molecular complexity index is 49.7. The molecule has 0 heterocycles. The quantitative estimate of drug-likeness (QED) is 0.489.